The van der Waals surface area contributed by atoms with Gasteiger partial charge in [0.15, 0.2) is 0 Å². The van der Waals surface area contributed by atoms with E-state index in [0.717, 1.165) is 6.42 Å². The van der Waals surface area contributed by atoms with Gasteiger partial charge in [-0.3, -0.25) is 10.1 Å². The summed E-state index contributed by atoms with van der Waals surface area (Å²) in [7, 11) is 0. The van der Waals surface area contributed by atoms with E-state index in [9.17, 15) is 10.1 Å². The molecule has 15 heavy (non-hydrogen) atoms. The molecule has 5 heteroatoms. The molecule has 0 amide bonds. The fourth-order valence-electron chi connectivity index (χ4n) is 1.30. The van der Waals surface area contributed by atoms with Crippen molar-refractivity contribution in [3.63, 3.8) is 0 Å². The second kappa shape index (κ2) is 4.54. The lowest BCUT2D eigenvalue weighted by atomic mass is 10.1. The Morgan fingerprint density at radius 1 is 1.60 bits per heavy atom. The zero-order valence-corrected chi connectivity index (χ0v) is 8.49. The van der Waals surface area contributed by atoms with Crippen LogP contribution < -0.4 is 5.73 Å². The highest BCUT2D eigenvalue weighted by molar-refractivity contribution is 5.99. The summed E-state index contributed by atoms with van der Waals surface area (Å²) in [6.45, 7) is 1.98. The maximum atomic E-state index is 10.5. The summed E-state index contributed by atoms with van der Waals surface area (Å²) in [5.74, 6) is 0. The smallest absolute Gasteiger partial charge is 0.292 e. The highest BCUT2D eigenvalue weighted by Crippen LogP contribution is 2.22. The van der Waals surface area contributed by atoms with Crippen molar-refractivity contribution in [3.05, 3.63) is 33.9 Å². The van der Waals surface area contributed by atoms with Gasteiger partial charge >= 0.3 is 0 Å². The van der Waals surface area contributed by atoms with E-state index in [1.807, 2.05) is 6.92 Å². The number of nitro groups is 1. The molecule has 0 spiro atoms. The number of nitrogen functional groups attached to an aromatic ring is 1. The summed E-state index contributed by atoms with van der Waals surface area (Å²) in [6, 6.07) is 4.39. The molecule has 0 heterocycles. The van der Waals surface area contributed by atoms with Gasteiger partial charge in [0, 0.05) is 11.8 Å². The molecule has 0 fully saturated rings. The highest BCUT2D eigenvalue weighted by atomic mass is 16.6. The van der Waals surface area contributed by atoms with E-state index in [4.69, 9.17) is 11.1 Å². The van der Waals surface area contributed by atoms with Gasteiger partial charge in [0.25, 0.3) is 5.69 Å². The number of rotatable bonds is 4. The summed E-state index contributed by atoms with van der Waals surface area (Å²) >= 11 is 0. The number of nitrogens with zero attached hydrogens (tertiary/aromatic N) is 1. The van der Waals surface area contributed by atoms with E-state index in [2.05, 4.69) is 0 Å². The van der Waals surface area contributed by atoms with Gasteiger partial charge < -0.3 is 11.1 Å². The SMILES string of the molecule is CCCC(=N)c1ccc([N+](=O)[O-])c(N)c1. The molecular weight excluding hydrogens is 194 g/mol. The van der Waals surface area contributed by atoms with Crippen LogP contribution in [0.25, 0.3) is 0 Å². The molecule has 1 aromatic carbocycles. The van der Waals surface area contributed by atoms with Gasteiger partial charge in [0.2, 0.25) is 0 Å². The van der Waals surface area contributed by atoms with Crippen molar-refractivity contribution >= 4 is 17.1 Å². The number of hydrogen-bond acceptors (Lipinski definition) is 4. The third-order valence-corrected chi connectivity index (χ3v) is 2.07. The Balaban J connectivity index is 3.01. The Bertz CT molecular complexity index is 402. The molecule has 0 aliphatic rings. The van der Waals surface area contributed by atoms with E-state index in [0.29, 0.717) is 17.7 Å². The van der Waals surface area contributed by atoms with Crippen LogP contribution in [-0.4, -0.2) is 10.6 Å². The second-order valence-corrected chi connectivity index (χ2v) is 3.26. The van der Waals surface area contributed by atoms with E-state index in [1.165, 1.54) is 12.1 Å². The van der Waals surface area contributed by atoms with Crippen LogP contribution in [0.15, 0.2) is 18.2 Å². The van der Waals surface area contributed by atoms with Gasteiger partial charge in [0.05, 0.1) is 4.92 Å². The van der Waals surface area contributed by atoms with Gasteiger partial charge in [-0.15, -0.1) is 0 Å². The van der Waals surface area contributed by atoms with E-state index >= 15 is 0 Å². The molecule has 1 rings (SSSR count). The van der Waals surface area contributed by atoms with Crippen molar-refractivity contribution < 1.29 is 4.92 Å². The summed E-state index contributed by atoms with van der Waals surface area (Å²) in [6.07, 6.45) is 1.52. The molecular formula is C10H13N3O2. The lowest BCUT2D eigenvalue weighted by Crippen LogP contribution is -2.02. The van der Waals surface area contributed by atoms with Crippen molar-refractivity contribution in [1.82, 2.24) is 0 Å². The molecule has 80 valence electrons. The Morgan fingerprint density at radius 2 is 2.27 bits per heavy atom. The first-order chi connectivity index (χ1) is 7.06. The van der Waals surface area contributed by atoms with Crippen LogP contribution in [0.4, 0.5) is 11.4 Å². The average molecular weight is 207 g/mol. The summed E-state index contributed by atoms with van der Waals surface area (Å²) in [4.78, 5) is 9.98. The van der Waals surface area contributed by atoms with Gasteiger partial charge in [-0.2, -0.15) is 0 Å². The monoisotopic (exact) mass is 207 g/mol. The van der Waals surface area contributed by atoms with Crippen molar-refractivity contribution in [2.75, 3.05) is 5.73 Å². The number of anilines is 1. The zero-order chi connectivity index (χ0) is 11.4. The lowest BCUT2D eigenvalue weighted by Gasteiger charge is -2.03. The normalized spacial score (nSPS) is 9.93. The summed E-state index contributed by atoms with van der Waals surface area (Å²) < 4.78 is 0. The minimum absolute atomic E-state index is 0.108. The molecule has 0 aliphatic carbocycles. The minimum atomic E-state index is -0.525. The summed E-state index contributed by atoms with van der Waals surface area (Å²) in [5.41, 5.74) is 6.63. The van der Waals surface area contributed by atoms with E-state index in [1.54, 1.807) is 6.07 Å². The Morgan fingerprint density at radius 3 is 2.73 bits per heavy atom. The number of nitrogens with one attached hydrogen (secondary N) is 1. The molecule has 1 aromatic rings. The Labute approximate surface area is 87.6 Å². The topological polar surface area (TPSA) is 93.0 Å². The maximum Gasteiger partial charge on any atom is 0.292 e. The molecule has 0 saturated carbocycles. The quantitative estimate of drug-likeness (QED) is 0.343. The van der Waals surface area contributed by atoms with Crippen molar-refractivity contribution in [3.8, 4) is 0 Å². The number of hydrogen-bond donors (Lipinski definition) is 2. The molecule has 5 nitrogen and oxygen atoms in total. The summed E-state index contributed by atoms with van der Waals surface area (Å²) in [5, 5.41) is 18.2. The largest absolute Gasteiger partial charge is 0.393 e. The molecule has 0 unspecified atom stereocenters. The minimum Gasteiger partial charge on any atom is -0.393 e. The fourth-order valence-corrected chi connectivity index (χ4v) is 1.30. The Kier molecular flexibility index (Phi) is 3.38. The van der Waals surface area contributed by atoms with Gasteiger partial charge in [-0.25, -0.2) is 0 Å². The fraction of sp³-hybridized carbons (Fsp3) is 0.300. The molecule has 0 atom stereocenters. The molecule has 0 saturated heterocycles. The zero-order valence-electron chi connectivity index (χ0n) is 8.49. The maximum absolute atomic E-state index is 10.5. The first-order valence-corrected chi connectivity index (χ1v) is 4.68. The predicted molar refractivity (Wildman–Crippen MR) is 59.2 cm³/mol. The number of nitrogens with two attached hydrogens (primary N) is 1. The third-order valence-electron chi connectivity index (χ3n) is 2.07. The standard InChI is InChI=1S/C10H13N3O2/c1-2-3-8(11)7-4-5-10(13(14)15)9(12)6-7/h4-6,11H,2-3,12H2,1H3. The van der Waals surface area contributed by atoms with E-state index in [-0.39, 0.29) is 11.4 Å². The van der Waals surface area contributed by atoms with Crippen LogP contribution in [0.3, 0.4) is 0 Å². The van der Waals surface area contributed by atoms with Crippen LogP contribution in [0, 0.1) is 15.5 Å². The van der Waals surface area contributed by atoms with Gasteiger partial charge in [0.1, 0.15) is 5.69 Å². The first kappa shape index (κ1) is 11.2. The second-order valence-electron chi connectivity index (χ2n) is 3.26. The first-order valence-electron chi connectivity index (χ1n) is 4.68. The van der Waals surface area contributed by atoms with Crippen LogP contribution in [-0.2, 0) is 0 Å². The van der Waals surface area contributed by atoms with Crippen molar-refractivity contribution in [2.24, 2.45) is 0 Å². The van der Waals surface area contributed by atoms with Crippen LogP contribution in [0.5, 0.6) is 0 Å². The third kappa shape index (κ3) is 2.52. The molecule has 0 aliphatic heterocycles. The highest BCUT2D eigenvalue weighted by Gasteiger charge is 2.12. The molecule has 0 aromatic heterocycles. The van der Waals surface area contributed by atoms with Crippen molar-refractivity contribution in [2.45, 2.75) is 19.8 Å². The Hall–Kier alpha value is -1.91. The predicted octanol–water partition coefficient (Wildman–Crippen LogP) is 2.34. The number of nitro benzene ring substituents is 1. The van der Waals surface area contributed by atoms with Crippen LogP contribution >= 0.6 is 0 Å². The van der Waals surface area contributed by atoms with Crippen molar-refractivity contribution in [1.29, 1.82) is 5.41 Å². The van der Waals surface area contributed by atoms with Crippen LogP contribution in [0.2, 0.25) is 0 Å². The molecule has 0 bridgehead atoms. The molecule has 0 radical (unpaired) electrons. The van der Waals surface area contributed by atoms with Crippen LogP contribution in [0.1, 0.15) is 25.3 Å². The van der Waals surface area contributed by atoms with Gasteiger partial charge in [-0.05, 0) is 24.1 Å². The average Bonchev–Trinajstić information content (AvgIpc) is 2.17. The lowest BCUT2D eigenvalue weighted by molar-refractivity contribution is -0.383. The van der Waals surface area contributed by atoms with E-state index < -0.39 is 4.92 Å². The number of benzene rings is 1. The molecule has 3 N–H and O–H groups in total. The van der Waals surface area contributed by atoms with Gasteiger partial charge in [-0.1, -0.05) is 13.3 Å².